The Morgan fingerprint density at radius 3 is 2.08 bits per heavy atom. The van der Waals surface area contributed by atoms with Crippen molar-refractivity contribution in [2.24, 2.45) is 0 Å². The van der Waals surface area contributed by atoms with Crippen LogP contribution in [0.3, 0.4) is 0 Å². The van der Waals surface area contributed by atoms with E-state index in [9.17, 15) is 8.42 Å². The first-order valence-corrected chi connectivity index (χ1v) is 9.56. The van der Waals surface area contributed by atoms with Crippen LogP contribution in [0.25, 0.3) is 22.2 Å². The summed E-state index contributed by atoms with van der Waals surface area (Å²) in [5, 5.41) is 1.32. The fourth-order valence-electron chi connectivity index (χ4n) is 2.92. The van der Waals surface area contributed by atoms with Crippen LogP contribution in [0, 0.1) is 0 Å². The molecule has 124 valence electrons. The average molecular weight is 368 g/mol. The molecule has 1 aromatic heterocycles. The van der Waals surface area contributed by atoms with Gasteiger partial charge in [0.2, 0.25) is 0 Å². The molecule has 4 aromatic rings. The maximum atomic E-state index is 13.3. The maximum absolute atomic E-state index is 13.3. The Kier molecular flexibility index (Phi) is 3.86. The molecule has 0 aliphatic rings. The molecule has 0 fully saturated rings. The van der Waals surface area contributed by atoms with E-state index in [-0.39, 0.29) is 4.90 Å². The van der Waals surface area contributed by atoms with Gasteiger partial charge >= 0.3 is 0 Å². The molecule has 0 radical (unpaired) electrons. The van der Waals surface area contributed by atoms with Gasteiger partial charge in [0.25, 0.3) is 10.0 Å². The Bertz CT molecular complexity index is 1150. The van der Waals surface area contributed by atoms with Crippen LogP contribution in [0.4, 0.5) is 0 Å². The molecule has 0 spiro atoms. The molecule has 0 unspecified atom stereocenters. The summed E-state index contributed by atoms with van der Waals surface area (Å²) in [5.74, 6) is 0. The summed E-state index contributed by atoms with van der Waals surface area (Å²) in [5.41, 5.74) is 2.01. The Balaban J connectivity index is 2.10. The molecule has 25 heavy (non-hydrogen) atoms. The van der Waals surface area contributed by atoms with E-state index >= 15 is 0 Å². The second-order valence-electron chi connectivity index (χ2n) is 5.68. The van der Waals surface area contributed by atoms with Crippen molar-refractivity contribution in [3.63, 3.8) is 0 Å². The van der Waals surface area contributed by atoms with E-state index in [2.05, 4.69) is 0 Å². The van der Waals surface area contributed by atoms with Crippen LogP contribution in [0.2, 0.25) is 5.02 Å². The fourth-order valence-corrected chi connectivity index (χ4v) is 4.63. The van der Waals surface area contributed by atoms with Gasteiger partial charge in [-0.1, -0.05) is 66.2 Å². The number of fused-ring (bicyclic) bond motifs is 1. The largest absolute Gasteiger partial charge is 0.268 e. The lowest BCUT2D eigenvalue weighted by Crippen LogP contribution is -2.14. The quantitative estimate of drug-likeness (QED) is 0.499. The molecule has 0 aliphatic carbocycles. The Labute approximate surface area is 151 Å². The van der Waals surface area contributed by atoms with Crippen LogP contribution >= 0.6 is 11.6 Å². The Morgan fingerprint density at radius 2 is 1.40 bits per heavy atom. The van der Waals surface area contributed by atoms with Crippen molar-refractivity contribution in [1.82, 2.24) is 3.97 Å². The van der Waals surface area contributed by atoms with Crippen molar-refractivity contribution in [2.75, 3.05) is 0 Å². The predicted molar refractivity (Wildman–Crippen MR) is 101 cm³/mol. The van der Waals surface area contributed by atoms with Gasteiger partial charge < -0.3 is 0 Å². The van der Waals surface area contributed by atoms with E-state index in [1.807, 2.05) is 42.5 Å². The second kappa shape index (κ2) is 6.06. The lowest BCUT2D eigenvalue weighted by atomic mass is 10.1. The molecule has 0 saturated heterocycles. The SMILES string of the molecule is O=S(=O)(c1ccccc1)n1c(-c2ccccc2)cc2ccc(Cl)cc21. The molecular formula is C20H14ClNO2S. The molecule has 0 saturated carbocycles. The van der Waals surface area contributed by atoms with Gasteiger partial charge in [0, 0.05) is 10.4 Å². The van der Waals surface area contributed by atoms with Crippen molar-refractivity contribution in [3.05, 3.63) is 90.0 Å². The number of hydrogen-bond acceptors (Lipinski definition) is 2. The van der Waals surface area contributed by atoms with E-state index < -0.39 is 10.0 Å². The summed E-state index contributed by atoms with van der Waals surface area (Å²) >= 11 is 6.13. The van der Waals surface area contributed by atoms with Crippen LogP contribution < -0.4 is 0 Å². The zero-order chi connectivity index (χ0) is 17.4. The van der Waals surface area contributed by atoms with Crippen LogP contribution in [0.1, 0.15) is 0 Å². The molecule has 0 N–H and O–H groups in total. The third-order valence-electron chi connectivity index (χ3n) is 4.07. The van der Waals surface area contributed by atoms with Crippen LogP contribution in [-0.4, -0.2) is 12.4 Å². The van der Waals surface area contributed by atoms with Gasteiger partial charge in [-0.15, -0.1) is 0 Å². The molecule has 3 nitrogen and oxygen atoms in total. The highest BCUT2D eigenvalue weighted by atomic mass is 35.5. The number of rotatable bonds is 3. The third kappa shape index (κ3) is 2.73. The van der Waals surface area contributed by atoms with Crippen LogP contribution in [0.15, 0.2) is 89.8 Å². The van der Waals surface area contributed by atoms with Gasteiger partial charge in [-0.2, -0.15) is 0 Å². The number of hydrogen-bond donors (Lipinski definition) is 0. The monoisotopic (exact) mass is 367 g/mol. The number of nitrogens with zero attached hydrogens (tertiary/aromatic N) is 1. The van der Waals surface area contributed by atoms with Crippen molar-refractivity contribution in [2.45, 2.75) is 4.90 Å². The zero-order valence-corrected chi connectivity index (χ0v) is 14.7. The molecule has 0 amide bonds. The fraction of sp³-hybridized carbons (Fsp3) is 0. The summed E-state index contributed by atoms with van der Waals surface area (Å²) < 4.78 is 28.0. The van der Waals surface area contributed by atoms with Crippen LogP contribution in [0.5, 0.6) is 0 Å². The molecule has 0 bridgehead atoms. The van der Waals surface area contributed by atoms with Gasteiger partial charge in [0.05, 0.1) is 16.1 Å². The smallest absolute Gasteiger partial charge is 0.233 e. The van der Waals surface area contributed by atoms with Gasteiger partial charge in [-0.3, -0.25) is 0 Å². The van der Waals surface area contributed by atoms with E-state index in [1.54, 1.807) is 42.5 Å². The van der Waals surface area contributed by atoms with E-state index in [4.69, 9.17) is 11.6 Å². The number of halogens is 1. The summed E-state index contributed by atoms with van der Waals surface area (Å²) in [6.45, 7) is 0. The topological polar surface area (TPSA) is 39.1 Å². The van der Waals surface area contributed by atoms with Gasteiger partial charge in [-0.05, 0) is 35.9 Å². The summed E-state index contributed by atoms with van der Waals surface area (Å²) in [6.07, 6.45) is 0. The first-order chi connectivity index (χ1) is 12.1. The Morgan fingerprint density at radius 1 is 0.760 bits per heavy atom. The number of benzene rings is 3. The van der Waals surface area contributed by atoms with Gasteiger partial charge in [0.1, 0.15) is 0 Å². The minimum atomic E-state index is -3.76. The van der Waals surface area contributed by atoms with E-state index in [0.717, 1.165) is 10.9 Å². The van der Waals surface area contributed by atoms with Crippen molar-refractivity contribution < 1.29 is 8.42 Å². The molecule has 0 atom stereocenters. The average Bonchev–Trinajstić information content (AvgIpc) is 3.02. The molecular weight excluding hydrogens is 354 g/mol. The van der Waals surface area contributed by atoms with Crippen LogP contribution in [-0.2, 0) is 10.0 Å². The lowest BCUT2D eigenvalue weighted by Gasteiger charge is -2.12. The van der Waals surface area contributed by atoms with E-state index in [0.29, 0.717) is 16.2 Å². The summed E-state index contributed by atoms with van der Waals surface area (Å²) in [7, 11) is -3.76. The molecule has 1 heterocycles. The predicted octanol–water partition coefficient (Wildman–Crippen LogP) is 5.20. The van der Waals surface area contributed by atoms with Gasteiger partial charge in [-0.25, -0.2) is 12.4 Å². The minimum Gasteiger partial charge on any atom is -0.233 e. The Hall–Kier alpha value is -2.56. The molecule has 4 rings (SSSR count). The molecule has 5 heteroatoms. The zero-order valence-electron chi connectivity index (χ0n) is 13.1. The summed E-state index contributed by atoms with van der Waals surface area (Å²) in [4.78, 5) is 0.240. The summed E-state index contributed by atoms with van der Waals surface area (Å²) in [6, 6.07) is 25.0. The van der Waals surface area contributed by atoms with Crippen molar-refractivity contribution in [3.8, 4) is 11.3 Å². The van der Waals surface area contributed by atoms with E-state index in [1.165, 1.54) is 3.97 Å². The highest BCUT2D eigenvalue weighted by molar-refractivity contribution is 7.90. The van der Waals surface area contributed by atoms with Gasteiger partial charge in [0.15, 0.2) is 0 Å². The molecule has 3 aromatic carbocycles. The highest BCUT2D eigenvalue weighted by Gasteiger charge is 2.23. The third-order valence-corrected chi connectivity index (χ3v) is 6.05. The first kappa shape index (κ1) is 15.9. The lowest BCUT2D eigenvalue weighted by molar-refractivity contribution is 0.589. The maximum Gasteiger partial charge on any atom is 0.268 e. The number of aromatic nitrogens is 1. The van der Waals surface area contributed by atoms with Crippen molar-refractivity contribution >= 4 is 32.5 Å². The standard InChI is InChI=1S/C20H14ClNO2S/c21-17-12-11-16-13-19(15-7-3-1-4-8-15)22(20(16)14-17)25(23,24)18-9-5-2-6-10-18/h1-14H. The molecule has 0 aliphatic heterocycles. The minimum absolute atomic E-state index is 0.240. The van der Waals surface area contributed by atoms with Crippen molar-refractivity contribution in [1.29, 1.82) is 0 Å². The second-order valence-corrected chi connectivity index (χ2v) is 7.90. The highest BCUT2D eigenvalue weighted by Crippen LogP contribution is 2.33. The normalized spacial score (nSPS) is 11.7. The first-order valence-electron chi connectivity index (χ1n) is 7.74.